The summed E-state index contributed by atoms with van der Waals surface area (Å²) in [6.45, 7) is 3.27. The topological polar surface area (TPSA) is 23.1 Å². The average Bonchev–Trinajstić information content (AvgIpc) is 2.92. The molecule has 0 aliphatic heterocycles. The SMILES string of the molecule is CCCCCCCCCCCC[N+](C)(C)C(Cl)(Cl)c1ccccc1.[O-]c1ccc(Cl)cc1C1CCCCC1. The summed E-state index contributed by atoms with van der Waals surface area (Å²) < 4.78 is -0.294. The van der Waals surface area contributed by atoms with Gasteiger partial charge in [0, 0.05) is 10.6 Å². The van der Waals surface area contributed by atoms with Gasteiger partial charge in [-0.05, 0) is 79.1 Å². The Morgan fingerprint density at radius 3 is 1.92 bits per heavy atom. The predicted molar refractivity (Wildman–Crippen MR) is 165 cm³/mol. The van der Waals surface area contributed by atoms with E-state index in [1.165, 1.54) is 83.5 Å². The van der Waals surface area contributed by atoms with Crippen molar-refractivity contribution in [3.63, 3.8) is 0 Å². The molecule has 38 heavy (non-hydrogen) atoms. The van der Waals surface area contributed by atoms with Gasteiger partial charge < -0.3 is 5.11 Å². The van der Waals surface area contributed by atoms with Gasteiger partial charge in [0.15, 0.2) is 0 Å². The fourth-order valence-corrected chi connectivity index (χ4v) is 5.98. The first-order chi connectivity index (χ1) is 18.2. The van der Waals surface area contributed by atoms with Crippen LogP contribution in [0, 0.1) is 0 Å². The van der Waals surface area contributed by atoms with Gasteiger partial charge in [0.2, 0.25) is 0 Å². The van der Waals surface area contributed by atoms with E-state index < -0.39 is 4.46 Å². The van der Waals surface area contributed by atoms with Crippen molar-refractivity contribution in [3.8, 4) is 5.75 Å². The lowest BCUT2D eigenvalue weighted by Gasteiger charge is -2.40. The van der Waals surface area contributed by atoms with E-state index in [0.717, 1.165) is 30.5 Å². The fourth-order valence-electron chi connectivity index (χ4n) is 5.38. The molecule has 0 amide bonds. The normalized spacial score (nSPS) is 14.7. The maximum absolute atomic E-state index is 11.6. The third kappa shape index (κ3) is 11.3. The average molecular weight is 583 g/mol. The van der Waals surface area contributed by atoms with Gasteiger partial charge in [-0.15, -0.1) is 5.75 Å². The highest BCUT2D eigenvalue weighted by molar-refractivity contribution is 6.46. The largest absolute Gasteiger partial charge is 0.872 e. The summed E-state index contributed by atoms with van der Waals surface area (Å²) in [5, 5.41) is 12.3. The molecule has 0 spiro atoms. The molecule has 2 aromatic rings. The Kier molecular flexibility index (Phi) is 15.5. The Morgan fingerprint density at radius 1 is 0.789 bits per heavy atom. The molecule has 1 saturated carbocycles. The van der Waals surface area contributed by atoms with Crippen molar-refractivity contribution in [2.45, 2.75) is 114 Å². The lowest BCUT2D eigenvalue weighted by molar-refractivity contribution is -0.920. The molecule has 0 radical (unpaired) electrons. The van der Waals surface area contributed by atoms with Crippen LogP contribution in [0.5, 0.6) is 5.75 Å². The van der Waals surface area contributed by atoms with Gasteiger partial charge in [-0.25, -0.2) is 0 Å². The maximum Gasteiger partial charge on any atom is 0.277 e. The van der Waals surface area contributed by atoms with E-state index in [-0.39, 0.29) is 5.75 Å². The molecule has 1 fully saturated rings. The molecule has 0 bridgehead atoms. The van der Waals surface area contributed by atoms with E-state index in [4.69, 9.17) is 34.8 Å². The Hall–Kier alpha value is -0.930. The standard InChI is InChI=1S/C21H36Cl2N.C12H15ClO/c1-4-5-6-7-8-9-10-11-12-16-19-24(2,3)21(22,23)20-17-14-13-15-18-20;13-10-6-7-12(14)11(8-10)9-4-2-1-3-5-9/h13-15,17-18H,4-12,16,19H2,1-3H3;6-9,14H,1-5H2/q+1;/p-1. The summed E-state index contributed by atoms with van der Waals surface area (Å²) in [7, 11) is 4.25. The molecule has 214 valence electrons. The first-order valence-electron chi connectivity index (χ1n) is 14.9. The molecule has 2 aromatic carbocycles. The van der Waals surface area contributed by atoms with Crippen LogP contribution in [0.15, 0.2) is 48.5 Å². The Morgan fingerprint density at radius 2 is 1.34 bits per heavy atom. The van der Waals surface area contributed by atoms with Crippen molar-refractivity contribution in [1.82, 2.24) is 0 Å². The molecule has 0 saturated heterocycles. The molecule has 1 aliphatic rings. The minimum atomic E-state index is -0.888. The van der Waals surface area contributed by atoms with Gasteiger partial charge in [0.1, 0.15) is 0 Å². The van der Waals surface area contributed by atoms with Crippen molar-refractivity contribution >= 4 is 34.8 Å². The lowest BCUT2D eigenvalue weighted by atomic mass is 9.84. The number of hydrogen-bond donors (Lipinski definition) is 0. The Bertz CT molecular complexity index is 894. The van der Waals surface area contributed by atoms with Crippen LogP contribution in [0.1, 0.15) is 120 Å². The number of hydrogen-bond acceptors (Lipinski definition) is 1. The summed E-state index contributed by atoms with van der Waals surface area (Å²) in [5.74, 6) is 0.608. The fraction of sp³-hybridized carbons (Fsp3) is 0.636. The van der Waals surface area contributed by atoms with Crippen molar-refractivity contribution < 1.29 is 9.59 Å². The zero-order chi connectivity index (χ0) is 27.9. The highest BCUT2D eigenvalue weighted by Gasteiger charge is 2.43. The van der Waals surface area contributed by atoms with Crippen molar-refractivity contribution in [2.24, 2.45) is 0 Å². The lowest BCUT2D eigenvalue weighted by Crippen LogP contribution is -2.51. The second-order valence-corrected chi connectivity index (χ2v) is 13.2. The van der Waals surface area contributed by atoms with E-state index in [0.29, 0.717) is 15.4 Å². The zero-order valence-corrected chi connectivity index (χ0v) is 26.3. The van der Waals surface area contributed by atoms with Crippen LogP contribution >= 0.6 is 34.8 Å². The highest BCUT2D eigenvalue weighted by Crippen LogP contribution is 2.41. The maximum atomic E-state index is 11.6. The summed E-state index contributed by atoms with van der Waals surface area (Å²) in [6.07, 6.45) is 19.6. The van der Waals surface area contributed by atoms with Gasteiger partial charge in [-0.2, -0.15) is 0 Å². The number of benzene rings is 2. The van der Waals surface area contributed by atoms with E-state index in [9.17, 15) is 5.11 Å². The molecular formula is C33H50Cl3NO. The first kappa shape index (κ1) is 33.3. The third-order valence-corrected chi connectivity index (χ3v) is 9.56. The minimum absolute atomic E-state index is 0.154. The molecule has 0 unspecified atom stereocenters. The second-order valence-electron chi connectivity index (χ2n) is 11.5. The van der Waals surface area contributed by atoms with Crippen molar-refractivity contribution in [3.05, 3.63) is 64.7 Å². The van der Waals surface area contributed by atoms with Crippen LogP contribution in [0.25, 0.3) is 0 Å². The van der Waals surface area contributed by atoms with Gasteiger partial charge in [-0.1, -0.05) is 119 Å². The quantitative estimate of drug-likeness (QED) is 0.0940. The number of halogens is 3. The number of nitrogens with zero attached hydrogens (tertiary/aromatic N) is 1. The number of quaternary nitrogens is 1. The first-order valence-corrected chi connectivity index (χ1v) is 16.1. The molecule has 1 aliphatic carbocycles. The van der Waals surface area contributed by atoms with Gasteiger partial charge in [0.25, 0.3) is 4.46 Å². The van der Waals surface area contributed by atoms with Gasteiger partial charge in [0.05, 0.1) is 20.6 Å². The van der Waals surface area contributed by atoms with Crippen LogP contribution in [0.2, 0.25) is 5.02 Å². The summed E-state index contributed by atoms with van der Waals surface area (Å²) >= 11 is 19.3. The molecule has 3 rings (SSSR count). The van der Waals surface area contributed by atoms with Crippen LogP contribution in [-0.4, -0.2) is 25.1 Å². The van der Waals surface area contributed by atoms with Crippen LogP contribution in [-0.2, 0) is 4.46 Å². The summed E-state index contributed by atoms with van der Waals surface area (Å²) in [5.41, 5.74) is 1.91. The Balaban J connectivity index is 0.000000304. The van der Waals surface area contributed by atoms with Crippen molar-refractivity contribution in [1.29, 1.82) is 0 Å². The highest BCUT2D eigenvalue weighted by atomic mass is 35.5. The van der Waals surface area contributed by atoms with E-state index in [1.807, 2.05) is 36.4 Å². The van der Waals surface area contributed by atoms with E-state index in [2.05, 4.69) is 21.0 Å². The number of unbranched alkanes of at least 4 members (excludes halogenated alkanes) is 9. The molecule has 0 atom stereocenters. The molecular weight excluding hydrogens is 533 g/mol. The summed E-state index contributed by atoms with van der Waals surface area (Å²) in [6, 6.07) is 15.1. The molecule has 0 heterocycles. The minimum Gasteiger partial charge on any atom is -0.872 e. The monoisotopic (exact) mass is 581 g/mol. The molecule has 0 aromatic heterocycles. The molecule has 5 heteroatoms. The van der Waals surface area contributed by atoms with Gasteiger partial charge >= 0.3 is 0 Å². The van der Waals surface area contributed by atoms with Crippen LogP contribution < -0.4 is 5.11 Å². The van der Waals surface area contributed by atoms with E-state index >= 15 is 0 Å². The van der Waals surface area contributed by atoms with Crippen LogP contribution in [0.3, 0.4) is 0 Å². The zero-order valence-electron chi connectivity index (χ0n) is 24.0. The molecule has 2 nitrogen and oxygen atoms in total. The Labute approximate surface area is 248 Å². The number of rotatable bonds is 14. The molecule has 0 N–H and O–H groups in total. The van der Waals surface area contributed by atoms with Gasteiger partial charge in [-0.3, -0.25) is 4.48 Å². The van der Waals surface area contributed by atoms with Crippen LogP contribution in [0.4, 0.5) is 0 Å². The van der Waals surface area contributed by atoms with E-state index in [1.54, 1.807) is 12.1 Å². The summed E-state index contributed by atoms with van der Waals surface area (Å²) in [4.78, 5) is 0. The second kappa shape index (κ2) is 17.7. The van der Waals surface area contributed by atoms with Crippen molar-refractivity contribution in [2.75, 3.05) is 20.6 Å². The smallest absolute Gasteiger partial charge is 0.277 e. The number of alkyl halides is 2. The third-order valence-electron chi connectivity index (χ3n) is 7.97. The predicted octanol–water partition coefficient (Wildman–Crippen LogP) is 10.7.